The number of hydrogen-bond donors (Lipinski definition) is 3. The molecule has 0 aromatic rings. The lowest BCUT2D eigenvalue weighted by Crippen LogP contribution is -2.77. The molecule has 0 aromatic heterocycles. The molecule has 0 aliphatic carbocycles. The molecule has 2 unspecified atom stereocenters. The number of hydrogen-bond acceptors (Lipinski definition) is 4. The van der Waals surface area contributed by atoms with E-state index in [2.05, 4.69) is 18.8 Å². The Hall–Kier alpha value is -0.620. The third kappa shape index (κ3) is 3.26. The minimum absolute atomic E-state index is 0.139. The van der Waals surface area contributed by atoms with Crippen LogP contribution in [0.1, 0.15) is 39.5 Å². The lowest BCUT2D eigenvalue weighted by atomic mass is 9.70. The van der Waals surface area contributed by atoms with E-state index in [-0.39, 0.29) is 18.4 Å². The Morgan fingerprint density at radius 3 is 2.67 bits per heavy atom. The predicted octanol–water partition coefficient (Wildman–Crippen LogP) is 1.53. The molecule has 0 aromatic carbocycles. The highest BCUT2D eigenvalue weighted by atomic mass is 35.5. The molecular weight excluding hydrogens is 292 g/mol. The van der Waals surface area contributed by atoms with Gasteiger partial charge in [0.2, 0.25) is 5.91 Å². The third-order valence-corrected chi connectivity index (χ3v) is 4.70. The fourth-order valence-electron chi connectivity index (χ4n) is 2.90. The van der Waals surface area contributed by atoms with Crippen molar-refractivity contribution in [3.8, 4) is 0 Å². The van der Waals surface area contributed by atoms with Crippen LogP contribution in [0.25, 0.3) is 0 Å². The summed E-state index contributed by atoms with van der Waals surface area (Å²) < 4.78 is 5.46. The predicted molar refractivity (Wildman–Crippen MR) is 84.0 cm³/mol. The van der Waals surface area contributed by atoms with Crippen molar-refractivity contribution in [1.82, 2.24) is 5.32 Å². The molecule has 4 atom stereocenters. The second-order valence-corrected chi connectivity index (χ2v) is 6.14. The van der Waals surface area contributed by atoms with E-state index in [0.29, 0.717) is 12.3 Å². The van der Waals surface area contributed by atoms with Gasteiger partial charge in [0.05, 0.1) is 12.5 Å². The van der Waals surface area contributed by atoms with Gasteiger partial charge in [-0.05, 0) is 19.8 Å². The molecule has 0 radical (unpaired) electrons. The SMILES string of the molecule is C=CCCCC.C[C@@]12OCC1([C@H](N)O)NC(=O)C2CCCl. The fraction of sp³-hybridized carbons (Fsp3) is 0.800. The zero-order chi connectivity index (χ0) is 16.1. The van der Waals surface area contributed by atoms with E-state index in [1.165, 1.54) is 19.3 Å². The minimum atomic E-state index is -1.11. The van der Waals surface area contributed by atoms with Crippen molar-refractivity contribution < 1.29 is 14.6 Å². The lowest BCUT2D eigenvalue weighted by molar-refractivity contribution is -0.247. The summed E-state index contributed by atoms with van der Waals surface area (Å²) in [5.74, 6) is -0.0876. The molecule has 0 saturated carbocycles. The van der Waals surface area contributed by atoms with Crippen LogP contribution in [0.5, 0.6) is 0 Å². The molecule has 6 heteroatoms. The molecular formula is C15H27ClN2O3. The second-order valence-electron chi connectivity index (χ2n) is 5.76. The number of carbonyl (C=O) groups is 1. The van der Waals surface area contributed by atoms with E-state index in [4.69, 9.17) is 22.1 Å². The Labute approximate surface area is 131 Å². The number of carbonyl (C=O) groups excluding carboxylic acids is 1. The van der Waals surface area contributed by atoms with E-state index in [0.717, 1.165) is 0 Å². The van der Waals surface area contributed by atoms with Gasteiger partial charge in [-0.15, -0.1) is 18.2 Å². The average molecular weight is 319 g/mol. The van der Waals surface area contributed by atoms with Crippen molar-refractivity contribution in [3.05, 3.63) is 12.7 Å². The van der Waals surface area contributed by atoms with Gasteiger partial charge < -0.3 is 20.9 Å². The number of fused-ring (bicyclic) bond motifs is 1. The maximum absolute atomic E-state index is 11.7. The van der Waals surface area contributed by atoms with Crippen LogP contribution in [0.4, 0.5) is 0 Å². The maximum atomic E-state index is 11.7. The summed E-state index contributed by atoms with van der Waals surface area (Å²) in [6.45, 7) is 7.83. The molecule has 5 nitrogen and oxygen atoms in total. The molecule has 2 heterocycles. The molecule has 2 fully saturated rings. The van der Waals surface area contributed by atoms with Gasteiger partial charge in [-0.25, -0.2) is 0 Å². The van der Waals surface area contributed by atoms with Gasteiger partial charge in [-0.1, -0.05) is 25.8 Å². The molecule has 122 valence electrons. The van der Waals surface area contributed by atoms with Crippen LogP contribution in [0, 0.1) is 5.92 Å². The topological polar surface area (TPSA) is 84.6 Å². The number of aliphatic hydroxyl groups is 1. The van der Waals surface area contributed by atoms with Crippen molar-refractivity contribution in [2.45, 2.75) is 56.9 Å². The van der Waals surface area contributed by atoms with E-state index < -0.39 is 17.4 Å². The summed E-state index contributed by atoms with van der Waals surface area (Å²) in [4.78, 5) is 11.7. The number of amides is 1. The number of alkyl halides is 1. The van der Waals surface area contributed by atoms with Crippen molar-refractivity contribution in [2.24, 2.45) is 11.7 Å². The number of allylic oxidation sites excluding steroid dienone is 1. The maximum Gasteiger partial charge on any atom is 0.226 e. The highest BCUT2D eigenvalue weighted by Gasteiger charge is 2.71. The summed E-state index contributed by atoms with van der Waals surface area (Å²) in [6, 6.07) is 0. The van der Waals surface area contributed by atoms with Crippen molar-refractivity contribution in [3.63, 3.8) is 0 Å². The van der Waals surface area contributed by atoms with Gasteiger partial charge in [0.1, 0.15) is 17.4 Å². The zero-order valence-electron chi connectivity index (χ0n) is 12.9. The number of nitrogens with two attached hydrogens (primary N) is 1. The van der Waals surface area contributed by atoms with Gasteiger partial charge in [0.15, 0.2) is 0 Å². The summed E-state index contributed by atoms with van der Waals surface area (Å²) in [5.41, 5.74) is 3.95. The number of unbranched alkanes of at least 4 members (excludes halogenated alkanes) is 2. The molecule has 2 rings (SSSR count). The Bertz CT molecular complexity index is 378. The standard InChI is InChI=1S/C9H15ClN2O3.C6H12/c1-8-5(2-3-10)6(13)12-9(8,4-15-8)7(11)14;1-3-5-6-4-2/h5,7,14H,2-4,11H2,1H3,(H,12,13);3H,1,4-6H2,2H3/t5?,7-,8+,9?;/m1./s1. The Morgan fingerprint density at radius 1 is 1.71 bits per heavy atom. The molecule has 1 amide bonds. The smallest absolute Gasteiger partial charge is 0.226 e. The molecule has 4 N–H and O–H groups in total. The summed E-state index contributed by atoms with van der Waals surface area (Å²) in [6.07, 6.45) is 5.13. The number of halogens is 1. The van der Waals surface area contributed by atoms with E-state index >= 15 is 0 Å². The quantitative estimate of drug-likeness (QED) is 0.300. The van der Waals surface area contributed by atoms with E-state index in [1.54, 1.807) is 6.92 Å². The first-order valence-corrected chi connectivity index (χ1v) is 7.99. The lowest BCUT2D eigenvalue weighted by Gasteiger charge is -2.54. The highest BCUT2D eigenvalue weighted by molar-refractivity contribution is 6.18. The summed E-state index contributed by atoms with van der Waals surface area (Å²) >= 11 is 5.64. The van der Waals surface area contributed by atoms with Crippen LogP contribution in [-0.2, 0) is 9.53 Å². The molecule has 21 heavy (non-hydrogen) atoms. The van der Waals surface area contributed by atoms with Crippen LogP contribution < -0.4 is 11.1 Å². The monoisotopic (exact) mass is 318 g/mol. The molecule has 2 saturated heterocycles. The third-order valence-electron chi connectivity index (χ3n) is 4.48. The normalized spacial score (nSPS) is 34.9. The Kier molecular flexibility index (Phi) is 6.66. The fourth-order valence-corrected chi connectivity index (χ4v) is 3.12. The summed E-state index contributed by atoms with van der Waals surface area (Å²) in [5, 5.41) is 12.3. The largest absolute Gasteiger partial charge is 0.376 e. The molecule has 2 aliphatic heterocycles. The van der Waals surface area contributed by atoms with Gasteiger partial charge in [0, 0.05) is 5.88 Å². The summed E-state index contributed by atoms with van der Waals surface area (Å²) in [7, 11) is 0. The number of rotatable bonds is 6. The van der Waals surface area contributed by atoms with E-state index in [1.807, 2.05) is 6.08 Å². The van der Waals surface area contributed by atoms with Crippen molar-refractivity contribution in [1.29, 1.82) is 0 Å². The number of nitrogens with one attached hydrogen (secondary N) is 1. The van der Waals surface area contributed by atoms with Gasteiger partial charge in [-0.2, -0.15) is 0 Å². The average Bonchev–Trinajstić information content (AvgIpc) is 2.59. The van der Waals surface area contributed by atoms with Crippen LogP contribution in [-0.4, -0.2) is 40.9 Å². The van der Waals surface area contributed by atoms with E-state index in [9.17, 15) is 9.90 Å². The second kappa shape index (κ2) is 7.58. The number of ether oxygens (including phenoxy) is 1. The van der Waals surface area contributed by atoms with Crippen LogP contribution in [0.15, 0.2) is 12.7 Å². The first-order chi connectivity index (χ1) is 9.89. The minimum Gasteiger partial charge on any atom is -0.376 e. The molecule has 0 spiro atoms. The molecule has 0 bridgehead atoms. The Balaban J connectivity index is 0.000000315. The van der Waals surface area contributed by atoms with Crippen molar-refractivity contribution >= 4 is 17.5 Å². The van der Waals surface area contributed by atoms with Gasteiger partial charge in [0.25, 0.3) is 0 Å². The van der Waals surface area contributed by atoms with Gasteiger partial charge in [-0.3, -0.25) is 4.79 Å². The van der Waals surface area contributed by atoms with Crippen molar-refractivity contribution in [2.75, 3.05) is 12.5 Å². The van der Waals surface area contributed by atoms with Crippen LogP contribution >= 0.6 is 11.6 Å². The first-order valence-electron chi connectivity index (χ1n) is 7.46. The number of aliphatic hydroxyl groups excluding tert-OH is 1. The zero-order valence-corrected chi connectivity index (χ0v) is 13.7. The molecule has 2 aliphatic rings. The van der Waals surface area contributed by atoms with Crippen LogP contribution in [0.3, 0.4) is 0 Å². The highest BCUT2D eigenvalue weighted by Crippen LogP contribution is 2.49. The first kappa shape index (κ1) is 18.4. The Morgan fingerprint density at radius 2 is 2.38 bits per heavy atom. The van der Waals surface area contributed by atoms with Crippen LogP contribution in [0.2, 0.25) is 0 Å². The van der Waals surface area contributed by atoms with Gasteiger partial charge >= 0.3 is 0 Å².